The first-order chi connectivity index (χ1) is 11.5. The number of anilines is 2. The second kappa shape index (κ2) is 8.99. The molecule has 9 nitrogen and oxygen atoms in total. The van der Waals surface area contributed by atoms with Crippen molar-refractivity contribution in [3.8, 4) is 0 Å². The first-order valence-corrected chi connectivity index (χ1v) is 8.24. The quantitative estimate of drug-likeness (QED) is 0.677. The summed E-state index contributed by atoms with van der Waals surface area (Å²) in [4.78, 5) is 34.8. The van der Waals surface area contributed by atoms with Crippen LogP contribution in [0.5, 0.6) is 0 Å². The van der Waals surface area contributed by atoms with Crippen molar-refractivity contribution in [2.45, 2.75) is 64.3 Å². The fourth-order valence-electron chi connectivity index (χ4n) is 2.66. The number of aromatic nitrogens is 2. The highest BCUT2D eigenvalue weighted by Gasteiger charge is 2.17. The molecule has 9 heteroatoms. The largest absolute Gasteiger partial charge is 0.353 e. The monoisotopic (exact) mass is 337 g/mol. The molecule has 2 rings (SSSR count). The summed E-state index contributed by atoms with van der Waals surface area (Å²) in [6.07, 6.45) is 6.83. The molecular weight excluding hydrogens is 314 g/mol. The summed E-state index contributed by atoms with van der Waals surface area (Å²) in [7, 11) is 0. The Balaban J connectivity index is 1.73. The maximum atomic E-state index is 11.9. The van der Waals surface area contributed by atoms with E-state index in [2.05, 4.69) is 30.9 Å². The van der Waals surface area contributed by atoms with Crippen molar-refractivity contribution in [1.29, 1.82) is 0 Å². The van der Waals surface area contributed by atoms with Gasteiger partial charge in [-0.2, -0.15) is 0 Å². The van der Waals surface area contributed by atoms with Crippen LogP contribution >= 0.6 is 0 Å². The molecule has 3 N–H and O–H groups in total. The molecule has 1 fully saturated rings. The van der Waals surface area contributed by atoms with E-state index in [0.29, 0.717) is 0 Å². The first-order valence-electron chi connectivity index (χ1n) is 8.24. The van der Waals surface area contributed by atoms with Gasteiger partial charge in [0.15, 0.2) is 0 Å². The van der Waals surface area contributed by atoms with Gasteiger partial charge < -0.3 is 16.0 Å². The number of nitrogens with one attached hydrogen (secondary N) is 3. The first kappa shape index (κ1) is 17.9. The lowest BCUT2D eigenvalue weighted by Gasteiger charge is -2.15. The molecule has 1 aliphatic carbocycles. The lowest BCUT2D eigenvalue weighted by Crippen LogP contribution is -2.34. The minimum absolute atomic E-state index is 0.0188. The van der Waals surface area contributed by atoms with Crippen LogP contribution in [0.3, 0.4) is 0 Å². The van der Waals surface area contributed by atoms with Crippen molar-refractivity contribution >= 4 is 29.4 Å². The molecular formula is C15H23N5O4. The zero-order chi connectivity index (χ0) is 17.4. The van der Waals surface area contributed by atoms with Crippen molar-refractivity contribution in [3.63, 3.8) is 0 Å². The Bertz CT molecular complexity index is 578. The van der Waals surface area contributed by atoms with Gasteiger partial charge in [-0.05, 0) is 23.2 Å². The smallest absolute Gasteiger partial charge is 0.226 e. The molecule has 0 radical (unpaired) electrons. The van der Waals surface area contributed by atoms with Crippen LogP contribution in [0.25, 0.3) is 0 Å². The van der Waals surface area contributed by atoms with Crippen LogP contribution in [0.4, 0.5) is 11.6 Å². The topological polar surface area (TPSA) is 126 Å². The maximum Gasteiger partial charge on any atom is 0.226 e. The third kappa shape index (κ3) is 5.98. The fraction of sp³-hybridized carbons (Fsp3) is 0.667. The lowest BCUT2D eigenvalue weighted by molar-refractivity contribution is -0.125. The van der Waals surface area contributed by atoms with Crippen LogP contribution in [-0.4, -0.2) is 34.1 Å². The molecule has 1 aliphatic rings. The van der Waals surface area contributed by atoms with E-state index in [9.17, 15) is 14.4 Å². The van der Waals surface area contributed by atoms with Crippen molar-refractivity contribution in [1.82, 2.24) is 15.6 Å². The van der Waals surface area contributed by atoms with E-state index in [4.69, 9.17) is 0 Å². The highest BCUT2D eigenvalue weighted by Crippen LogP contribution is 2.18. The molecule has 132 valence electrons. The molecule has 0 atom stereocenters. The standard InChI is InChI=1S/C15H23N5O4/c1-10(21)16-14-15(20-24-19-14)18-13(23)9-8-12(22)17-11-6-4-2-3-5-7-11/h11H,2-9H2,1H3,(H,17,22)(H,16,19,21)(H,18,20,23). The SMILES string of the molecule is CC(=O)Nc1nonc1NC(=O)CCC(=O)NC1CCCCCC1. The van der Waals surface area contributed by atoms with Gasteiger partial charge in [-0.15, -0.1) is 0 Å². The van der Waals surface area contributed by atoms with Crippen molar-refractivity contribution in [2.75, 3.05) is 10.6 Å². The van der Waals surface area contributed by atoms with Gasteiger partial charge in [0.25, 0.3) is 0 Å². The fourth-order valence-corrected chi connectivity index (χ4v) is 2.66. The average molecular weight is 337 g/mol. The lowest BCUT2D eigenvalue weighted by atomic mass is 10.1. The Labute approximate surface area is 139 Å². The molecule has 0 aromatic carbocycles. The van der Waals surface area contributed by atoms with Gasteiger partial charge in [0.05, 0.1) is 0 Å². The van der Waals surface area contributed by atoms with Crippen molar-refractivity contribution < 1.29 is 19.0 Å². The highest BCUT2D eigenvalue weighted by molar-refractivity contribution is 5.97. The van der Waals surface area contributed by atoms with Crippen LogP contribution < -0.4 is 16.0 Å². The molecule has 0 aliphatic heterocycles. The molecule has 0 saturated heterocycles. The maximum absolute atomic E-state index is 11.9. The Hall–Kier alpha value is -2.45. The van der Waals surface area contributed by atoms with Gasteiger partial charge in [0, 0.05) is 25.8 Å². The molecule has 1 heterocycles. The molecule has 0 unspecified atom stereocenters. The zero-order valence-corrected chi connectivity index (χ0v) is 13.8. The van der Waals surface area contributed by atoms with E-state index in [-0.39, 0.29) is 42.3 Å². The number of carbonyl (C=O) groups is 3. The second-order valence-corrected chi connectivity index (χ2v) is 5.95. The number of carbonyl (C=O) groups excluding carboxylic acids is 3. The highest BCUT2D eigenvalue weighted by atomic mass is 16.6. The Morgan fingerprint density at radius 1 is 0.958 bits per heavy atom. The van der Waals surface area contributed by atoms with E-state index >= 15 is 0 Å². The van der Waals surface area contributed by atoms with Gasteiger partial charge >= 0.3 is 0 Å². The molecule has 1 aromatic heterocycles. The molecule has 1 aromatic rings. The van der Waals surface area contributed by atoms with Gasteiger partial charge in [-0.3, -0.25) is 14.4 Å². The van der Waals surface area contributed by atoms with Crippen LogP contribution in [0.1, 0.15) is 58.3 Å². The number of nitrogens with zero attached hydrogens (tertiary/aromatic N) is 2. The van der Waals surface area contributed by atoms with Crippen molar-refractivity contribution in [3.05, 3.63) is 0 Å². The molecule has 0 spiro atoms. The normalized spacial score (nSPS) is 15.4. The number of hydrogen-bond acceptors (Lipinski definition) is 6. The number of rotatable bonds is 6. The summed E-state index contributed by atoms with van der Waals surface area (Å²) in [6.45, 7) is 1.30. The van der Waals surface area contributed by atoms with Crippen molar-refractivity contribution in [2.24, 2.45) is 0 Å². The second-order valence-electron chi connectivity index (χ2n) is 5.95. The Kier molecular flexibility index (Phi) is 6.71. The molecule has 3 amide bonds. The number of amides is 3. The molecule has 0 bridgehead atoms. The van der Waals surface area contributed by atoms with Crippen LogP contribution in [0.2, 0.25) is 0 Å². The van der Waals surface area contributed by atoms with Gasteiger partial charge in [0.1, 0.15) is 0 Å². The predicted octanol–water partition coefficient (Wildman–Crippen LogP) is 1.59. The summed E-state index contributed by atoms with van der Waals surface area (Å²) in [5.74, 6) is -0.812. The van der Waals surface area contributed by atoms with E-state index in [0.717, 1.165) is 25.7 Å². The number of hydrogen-bond donors (Lipinski definition) is 3. The summed E-state index contributed by atoms with van der Waals surface area (Å²) < 4.78 is 4.48. The molecule has 1 saturated carbocycles. The average Bonchev–Trinajstić information content (AvgIpc) is 2.79. The minimum Gasteiger partial charge on any atom is -0.353 e. The van der Waals surface area contributed by atoms with Crippen LogP contribution in [0.15, 0.2) is 4.63 Å². The minimum atomic E-state index is -0.395. The van der Waals surface area contributed by atoms with Gasteiger partial charge in [-0.25, -0.2) is 4.63 Å². The third-order valence-electron chi connectivity index (χ3n) is 3.84. The van der Waals surface area contributed by atoms with E-state index in [1.165, 1.54) is 19.8 Å². The van der Waals surface area contributed by atoms with Crippen LogP contribution in [-0.2, 0) is 14.4 Å². The third-order valence-corrected chi connectivity index (χ3v) is 3.84. The van der Waals surface area contributed by atoms with E-state index in [1.54, 1.807) is 0 Å². The summed E-state index contributed by atoms with van der Waals surface area (Å²) in [6, 6.07) is 0.217. The van der Waals surface area contributed by atoms with Gasteiger partial charge in [-0.1, -0.05) is 25.7 Å². The van der Waals surface area contributed by atoms with Crippen LogP contribution in [0, 0.1) is 0 Å². The molecule has 24 heavy (non-hydrogen) atoms. The summed E-state index contributed by atoms with van der Waals surface area (Å²) >= 11 is 0. The van der Waals surface area contributed by atoms with Gasteiger partial charge in [0.2, 0.25) is 29.4 Å². The predicted molar refractivity (Wildman–Crippen MR) is 86.1 cm³/mol. The van der Waals surface area contributed by atoms with E-state index in [1.807, 2.05) is 0 Å². The van der Waals surface area contributed by atoms with E-state index < -0.39 is 5.91 Å². The Morgan fingerprint density at radius 2 is 1.54 bits per heavy atom. The zero-order valence-electron chi connectivity index (χ0n) is 13.8. The summed E-state index contributed by atoms with van der Waals surface area (Å²) in [5, 5.41) is 14.8. The summed E-state index contributed by atoms with van der Waals surface area (Å²) in [5.41, 5.74) is 0. The Morgan fingerprint density at radius 3 is 2.17 bits per heavy atom.